The first kappa shape index (κ1) is 10.5. The maximum Gasteiger partial charge on any atom is 0.123 e. The van der Waals surface area contributed by atoms with Crippen molar-refractivity contribution < 1.29 is 4.39 Å². The molecule has 1 aromatic heterocycles. The molecule has 0 amide bonds. The number of imidazole rings is 1. The lowest BCUT2D eigenvalue weighted by molar-refractivity contribution is 0.403. The number of hydrogen-bond acceptors (Lipinski definition) is 2. The third-order valence-corrected chi connectivity index (χ3v) is 3.47. The smallest absolute Gasteiger partial charge is 0.123 e. The van der Waals surface area contributed by atoms with Gasteiger partial charge in [-0.1, -0.05) is 12.1 Å². The third kappa shape index (κ3) is 1.56. The van der Waals surface area contributed by atoms with E-state index in [0.29, 0.717) is 0 Å². The van der Waals surface area contributed by atoms with Gasteiger partial charge in [-0.25, -0.2) is 9.37 Å². The number of benzene rings is 1. The number of aromatic amines is 1. The van der Waals surface area contributed by atoms with Gasteiger partial charge < -0.3 is 10.3 Å². The zero-order valence-corrected chi connectivity index (χ0v) is 9.63. The summed E-state index contributed by atoms with van der Waals surface area (Å²) in [4.78, 5) is 7.57. The Bertz CT molecular complexity index is 532. The number of fused-ring (bicyclic) bond motifs is 1. The molecule has 1 atom stereocenters. The first-order valence-electron chi connectivity index (χ1n) is 5.74. The molecule has 0 fully saturated rings. The SMILES string of the molecule is CC1(c2ccc(F)cc2)NCCc2[nH]cnc21. The van der Waals surface area contributed by atoms with E-state index in [1.165, 1.54) is 12.1 Å². The Hall–Kier alpha value is -1.68. The Labute approximate surface area is 99.1 Å². The summed E-state index contributed by atoms with van der Waals surface area (Å²) in [6.45, 7) is 2.97. The van der Waals surface area contributed by atoms with Gasteiger partial charge in [0.15, 0.2) is 0 Å². The predicted molar refractivity (Wildman–Crippen MR) is 63.1 cm³/mol. The maximum absolute atomic E-state index is 13.0. The molecule has 3 rings (SSSR count). The summed E-state index contributed by atoms with van der Waals surface area (Å²) < 4.78 is 13.0. The van der Waals surface area contributed by atoms with E-state index in [1.807, 2.05) is 12.1 Å². The van der Waals surface area contributed by atoms with Crippen LogP contribution in [0.2, 0.25) is 0 Å². The largest absolute Gasteiger partial charge is 0.348 e. The monoisotopic (exact) mass is 231 g/mol. The molecule has 0 bridgehead atoms. The van der Waals surface area contributed by atoms with Crippen molar-refractivity contribution in [3.63, 3.8) is 0 Å². The number of nitrogens with zero attached hydrogens (tertiary/aromatic N) is 1. The minimum atomic E-state index is -0.332. The second kappa shape index (κ2) is 3.67. The lowest BCUT2D eigenvalue weighted by Gasteiger charge is -2.34. The van der Waals surface area contributed by atoms with Gasteiger partial charge in [-0.3, -0.25) is 0 Å². The minimum Gasteiger partial charge on any atom is -0.348 e. The topological polar surface area (TPSA) is 40.7 Å². The molecule has 0 spiro atoms. The van der Waals surface area contributed by atoms with Gasteiger partial charge in [-0.15, -0.1) is 0 Å². The number of hydrogen-bond donors (Lipinski definition) is 2. The van der Waals surface area contributed by atoms with Crippen LogP contribution >= 0.6 is 0 Å². The number of halogens is 1. The molecular weight excluding hydrogens is 217 g/mol. The highest BCUT2D eigenvalue weighted by atomic mass is 19.1. The van der Waals surface area contributed by atoms with Crippen LogP contribution in [0.5, 0.6) is 0 Å². The number of nitrogens with one attached hydrogen (secondary N) is 2. The summed E-state index contributed by atoms with van der Waals surface area (Å²) in [7, 11) is 0. The highest BCUT2D eigenvalue weighted by Crippen LogP contribution is 2.32. The van der Waals surface area contributed by atoms with Crippen molar-refractivity contribution >= 4 is 0 Å². The fourth-order valence-electron chi connectivity index (χ4n) is 2.49. The third-order valence-electron chi connectivity index (χ3n) is 3.47. The zero-order valence-electron chi connectivity index (χ0n) is 9.63. The number of H-pyrrole nitrogens is 1. The maximum atomic E-state index is 13.0. The molecule has 0 radical (unpaired) electrons. The van der Waals surface area contributed by atoms with Gasteiger partial charge in [-0.2, -0.15) is 0 Å². The summed E-state index contributed by atoms with van der Waals surface area (Å²) in [5.74, 6) is -0.213. The van der Waals surface area contributed by atoms with Crippen molar-refractivity contribution in [2.75, 3.05) is 6.54 Å². The highest BCUT2D eigenvalue weighted by molar-refractivity contribution is 5.38. The van der Waals surface area contributed by atoms with Crippen molar-refractivity contribution in [3.05, 3.63) is 53.4 Å². The van der Waals surface area contributed by atoms with Crippen LogP contribution in [0, 0.1) is 5.82 Å². The summed E-state index contributed by atoms with van der Waals surface area (Å²) in [5, 5.41) is 3.47. The van der Waals surface area contributed by atoms with Crippen molar-refractivity contribution in [1.29, 1.82) is 0 Å². The molecule has 88 valence electrons. The summed E-state index contributed by atoms with van der Waals surface area (Å²) >= 11 is 0. The second-order valence-electron chi connectivity index (χ2n) is 4.54. The Balaban J connectivity index is 2.11. The molecule has 1 unspecified atom stereocenters. The minimum absolute atomic E-state index is 0.213. The lowest BCUT2D eigenvalue weighted by atomic mass is 9.84. The van der Waals surface area contributed by atoms with Crippen LogP contribution < -0.4 is 5.32 Å². The van der Waals surface area contributed by atoms with E-state index in [0.717, 1.165) is 29.9 Å². The second-order valence-corrected chi connectivity index (χ2v) is 4.54. The van der Waals surface area contributed by atoms with Crippen LogP contribution in [0.1, 0.15) is 23.9 Å². The first-order valence-corrected chi connectivity index (χ1v) is 5.74. The van der Waals surface area contributed by atoms with Crippen LogP contribution in [0.4, 0.5) is 4.39 Å². The van der Waals surface area contributed by atoms with E-state index < -0.39 is 0 Å². The Kier molecular flexibility index (Phi) is 2.26. The van der Waals surface area contributed by atoms with E-state index in [2.05, 4.69) is 22.2 Å². The Morgan fingerprint density at radius 1 is 1.29 bits per heavy atom. The average Bonchev–Trinajstić information content (AvgIpc) is 2.80. The van der Waals surface area contributed by atoms with Gasteiger partial charge in [0.05, 0.1) is 17.6 Å². The molecule has 0 aliphatic carbocycles. The van der Waals surface area contributed by atoms with E-state index in [1.54, 1.807) is 6.33 Å². The quantitative estimate of drug-likeness (QED) is 0.787. The average molecular weight is 231 g/mol. The van der Waals surface area contributed by atoms with E-state index in [-0.39, 0.29) is 11.4 Å². The van der Waals surface area contributed by atoms with Crippen LogP contribution in [0.15, 0.2) is 30.6 Å². The van der Waals surface area contributed by atoms with Crippen LogP contribution in [-0.2, 0) is 12.0 Å². The molecule has 3 nitrogen and oxygen atoms in total. The zero-order chi connectivity index (χ0) is 11.9. The summed E-state index contributed by atoms with van der Waals surface area (Å²) in [5.41, 5.74) is 2.87. The molecule has 0 saturated carbocycles. The lowest BCUT2D eigenvalue weighted by Crippen LogP contribution is -2.46. The van der Waals surface area contributed by atoms with Crippen LogP contribution in [0.3, 0.4) is 0 Å². The van der Waals surface area contributed by atoms with Gasteiger partial charge in [0.2, 0.25) is 0 Å². The normalized spacial score (nSPS) is 23.4. The molecule has 2 aromatic rings. The molecule has 1 aromatic carbocycles. The van der Waals surface area contributed by atoms with Crippen molar-refractivity contribution in [2.24, 2.45) is 0 Å². The molecule has 1 aliphatic rings. The van der Waals surface area contributed by atoms with Gasteiger partial charge in [0, 0.05) is 18.7 Å². The van der Waals surface area contributed by atoms with Crippen molar-refractivity contribution in [2.45, 2.75) is 18.9 Å². The molecule has 1 aliphatic heterocycles. The van der Waals surface area contributed by atoms with Crippen LogP contribution in [0.25, 0.3) is 0 Å². The van der Waals surface area contributed by atoms with E-state index in [9.17, 15) is 4.39 Å². The van der Waals surface area contributed by atoms with Crippen molar-refractivity contribution in [1.82, 2.24) is 15.3 Å². The van der Waals surface area contributed by atoms with Gasteiger partial charge in [0.1, 0.15) is 5.82 Å². The standard InChI is InChI=1S/C13H14FN3/c1-13(9-2-4-10(14)5-3-9)12-11(6-7-17-13)15-8-16-12/h2-5,8,17H,6-7H2,1H3,(H,15,16). The summed E-state index contributed by atoms with van der Waals surface area (Å²) in [6.07, 6.45) is 2.67. The molecule has 2 N–H and O–H groups in total. The number of rotatable bonds is 1. The first-order chi connectivity index (χ1) is 8.20. The van der Waals surface area contributed by atoms with Gasteiger partial charge in [0.25, 0.3) is 0 Å². The molecule has 2 heterocycles. The molecule has 0 saturated heterocycles. The highest BCUT2D eigenvalue weighted by Gasteiger charge is 2.35. The fraction of sp³-hybridized carbons (Fsp3) is 0.308. The Morgan fingerprint density at radius 2 is 2.06 bits per heavy atom. The predicted octanol–water partition coefficient (Wildman–Crippen LogP) is 1.96. The number of aromatic nitrogens is 2. The summed E-state index contributed by atoms with van der Waals surface area (Å²) in [6, 6.07) is 6.60. The van der Waals surface area contributed by atoms with E-state index in [4.69, 9.17) is 0 Å². The molecular formula is C13H14FN3. The fourth-order valence-corrected chi connectivity index (χ4v) is 2.49. The van der Waals surface area contributed by atoms with Crippen LogP contribution in [-0.4, -0.2) is 16.5 Å². The van der Waals surface area contributed by atoms with Gasteiger partial charge in [-0.05, 0) is 24.6 Å². The Morgan fingerprint density at radius 3 is 2.82 bits per heavy atom. The van der Waals surface area contributed by atoms with Crippen molar-refractivity contribution in [3.8, 4) is 0 Å². The van der Waals surface area contributed by atoms with E-state index >= 15 is 0 Å². The molecule has 4 heteroatoms. The van der Waals surface area contributed by atoms with Gasteiger partial charge >= 0.3 is 0 Å². The molecule has 17 heavy (non-hydrogen) atoms.